The molecule has 0 aromatic carbocycles. The lowest BCUT2D eigenvalue weighted by molar-refractivity contribution is -0.169. The number of thioether (sulfide) groups is 1. The maximum Gasteiger partial charge on any atom is 0.404 e. The monoisotopic (exact) mass is 688 g/mol. The van der Waals surface area contributed by atoms with Crippen molar-refractivity contribution >= 4 is 73.1 Å². The lowest BCUT2D eigenvalue weighted by atomic mass is 9.80. The number of carboxylic acid groups (broad SMARTS) is 1. The number of fused-ring (bicyclic) bond motifs is 1. The molecule has 2 aliphatic heterocycles. The van der Waals surface area contributed by atoms with Crippen LogP contribution in [0, 0.1) is 5.41 Å². The zero-order valence-electron chi connectivity index (χ0n) is 22.4. The van der Waals surface area contributed by atoms with Crippen LogP contribution in [0.3, 0.4) is 0 Å². The molecule has 2 aliphatic rings. The second-order valence-electron chi connectivity index (χ2n) is 9.94. The van der Waals surface area contributed by atoms with E-state index in [0.29, 0.717) is 0 Å². The molecule has 0 saturated carbocycles. The molecule has 43 heavy (non-hydrogen) atoms. The first-order valence-corrected chi connectivity index (χ1v) is 17.5. The fourth-order valence-electron chi connectivity index (χ4n) is 4.83. The minimum Gasteiger partial charge on any atom is -0.481 e. The Labute approximate surface area is 251 Å². The van der Waals surface area contributed by atoms with Crippen LogP contribution in [-0.2, 0) is 33.0 Å². The minimum absolute atomic E-state index is 0.161. The van der Waals surface area contributed by atoms with Crippen LogP contribution in [0.15, 0.2) is 17.5 Å². The summed E-state index contributed by atoms with van der Waals surface area (Å²) in [7, 11) is -11.3. The summed E-state index contributed by atoms with van der Waals surface area (Å²) in [6.07, 6.45) is -2.78. The number of nitrogens with one attached hydrogen (secondary N) is 1. The zero-order chi connectivity index (χ0) is 32.6. The molecule has 4 amide bonds. The number of nitrogens with two attached hydrogens (primary N) is 1. The Bertz CT molecular complexity index is 1360. The van der Waals surface area contributed by atoms with E-state index in [1.807, 2.05) is 0 Å². The second-order valence-corrected chi connectivity index (χ2v) is 15.9. The summed E-state index contributed by atoms with van der Waals surface area (Å²) in [5, 5.41) is 19.5. The number of primary amides is 1. The standard InChI is InChI=1S/C21H30N4O14P2S2/c1-12(26)25(13-5-4-8-42-13)21(14(27)23-7-3-2-6-20(32,40(33,34)35)41(36,37)38)15(28)24-9-19(17(29)30,10-39-18(22)31)11-43-16(21)24/h4-5,8,16,32H,2-3,6-7,9-11H2,1H3,(H2,22,31)(H,23,27)(H,29,30)(H2,33,34,35)(H2,36,37,38)/t16-,19?,21?/m1/s1. The second kappa shape index (κ2) is 12.5. The number of hydrogen-bond acceptors (Lipinski definition) is 11. The van der Waals surface area contributed by atoms with E-state index >= 15 is 0 Å². The smallest absolute Gasteiger partial charge is 0.404 e. The summed E-state index contributed by atoms with van der Waals surface area (Å²) in [6, 6.07) is 3.08. The van der Waals surface area contributed by atoms with Gasteiger partial charge >= 0.3 is 27.3 Å². The van der Waals surface area contributed by atoms with Gasteiger partial charge in [-0.25, -0.2) is 4.79 Å². The van der Waals surface area contributed by atoms with Crippen LogP contribution < -0.4 is 16.0 Å². The molecule has 2 saturated heterocycles. The molecule has 1 aromatic rings. The number of rotatable bonds is 13. The number of β-lactam (4-membered cyclic amide) rings is 1. The molecule has 1 aromatic heterocycles. The predicted octanol–water partition coefficient (Wildman–Crippen LogP) is -0.791. The molecule has 9 N–H and O–H groups in total. The largest absolute Gasteiger partial charge is 0.481 e. The number of nitrogens with zero attached hydrogens (tertiary/aromatic N) is 2. The van der Waals surface area contributed by atoms with E-state index in [1.54, 1.807) is 11.4 Å². The van der Waals surface area contributed by atoms with Crippen LogP contribution in [0.4, 0.5) is 9.80 Å². The fraction of sp³-hybridized carbons (Fsp3) is 0.571. The number of aliphatic carboxylic acids is 1. The number of hydrogen-bond donors (Lipinski definition) is 8. The molecule has 2 fully saturated rings. The van der Waals surface area contributed by atoms with E-state index in [1.165, 1.54) is 6.07 Å². The molecular weight excluding hydrogens is 658 g/mol. The molecule has 3 atom stereocenters. The fourth-order valence-corrected chi connectivity index (χ4v) is 9.60. The van der Waals surface area contributed by atoms with Crippen molar-refractivity contribution in [2.24, 2.45) is 11.1 Å². The Morgan fingerprint density at radius 3 is 2.33 bits per heavy atom. The van der Waals surface area contributed by atoms with Crippen LogP contribution >= 0.6 is 38.3 Å². The minimum atomic E-state index is -5.67. The first-order chi connectivity index (χ1) is 19.8. The number of unbranched alkanes of at least 4 members (excludes halogenated alkanes) is 1. The van der Waals surface area contributed by atoms with Gasteiger partial charge in [0.2, 0.25) is 11.4 Å². The van der Waals surface area contributed by atoms with Gasteiger partial charge in [0, 0.05) is 25.8 Å². The summed E-state index contributed by atoms with van der Waals surface area (Å²) in [6.45, 7) is -0.297. The van der Waals surface area contributed by atoms with Crippen molar-refractivity contribution in [2.75, 3.05) is 30.3 Å². The summed E-state index contributed by atoms with van der Waals surface area (Å²) in [5.41, 5.74) is 1.05. The van der Waals surface area contributed by atoms with Crippen molar-refractivity contribution in [1.82, 2.24) is 10.2 Å². The van der Waals surface area contributed by atoms with Crippen molar-refractivity contribution in [3.8, 4) is 0 Å². The molecule has 3 heterocycles. The molecule has 0 bridgehead atoms. The molecule has 240 valence electrons. The van der Waals surface area contributed by atoms with Gasteiger partial charge < -0.3 is 50.5 Å². The number of ether oxygens (including phenoxy) is 1. The number of amides is 4. The van der Waals surface area contributed by atoms with Crippen molar-refractivity contribution in [3.63, 3.8) is 0 Å². The van der Waals surface area contributed by atoms with Crippen molar-refractivity contribution in [3.05, 3.63) is 17.5 Å². The highest BCUT2D eigenvalue weighted by Crippen LogP contribution is 2.69. The van der Waals surface area contributed by atoms with Gasteiger partial charge in [0.1, 0.15) is 17.4 Å². The molecule has 3 rings (SSSR count). The van der Waals surface area contributed by atoms with E-state index in [-0.39, 0.29) is 30.1 Å². The molecule has 22 heteroatoms. The van der Waals surface area contributed by atoms with E-state index in [2.05, 4.69) is 5.32 Å². The number of carbonyl (C=O) groups is 5. The predicted molar refractivity (Wildman–Crippen MR) is 150 cm³/mol. The van der Waals surface area contributed by atoms with Gasteiger partial charge in [0.05, 0.1) is 5.00 Å². The lowest BCUT2D eigenvalue weighted by Crippen LogP contribution is -2.86. The summed E-state index contributed by atoms with van der Waals surface area (Å²) in [4.78, 5) is 103. The quantitative estimate of drug-likeness (QED) is 0.0545. The number of carbonyl (C=O) groups excluding carboxylic acids is 4. The van der Waals surface area contributed by atoms with Gasteiger partial charge in [-0.2, -0.15) is 0 Å². The van der Waals surface area contributed by atoms with Gasteiger partial charge in [-0.3, -0.25) is 33.2 Å². The van der Waals surface area contributed by atoms with Gasteiger partial charge in [0.25, 0.3) is 16.9 Å². The third kappa shape index (κ3) is 6.21. The van der Waals surface area contributed by atoms with Crippen LogP contribution in [0.1, 0.15) is 26.2 Å². The molecular formula is C21H30N4O14P2S2. The molecule has 2 unspecified atom stereocenters. The average molecular weight is 689 g/mol. The third-order valence-electron chi connectivity index (χ3n) is 7.06. The molecule has 18 nitrogen and oxygen atoms in total. The first kappa shape index (κ1) is 34.9. The summed E-state index contributed by atoms with van der Waals surface area (Å²) >= 11 is 1.92. The maximum absolute atomic E-state index is 13.8. The van der Waals surface area contributed by atoms with Gasteiger partial charge in [0.15, 0.2) is 0 Å². The van der Waals surface area contributed by atoms with E-state index < -0.39 is 86.0 Å². The molecule has 0 aliphatic carbocycles. The normalized spacial score (nSPS) is 24.0. The number of aliphatic hydroxyl groups is 1. The molecule has 0 radical (unpaired) electrons. The van der Waals surface area contributed by atoms with Crippen LogP contribution in [0.2, 0.25) is 0 Å². The Hall–Kier alpha value is -2.54. The summed E-state index contributed by atoms with van der Waals surface area (Å²) in [5.74, 6) is -4.20. The number of carboxylic acids is 1. The maximum atomic E-state index is 13.8. The number of thiophene rings is 1. The molecule has 0 spiro atoms. The van der Waals surface area contributed by atoms with E-state index in [9.17, 15) is 62.9 Å². The topological polar surface area (TPSA) is 295 Å². The Kier molecular flexibility index (Phi) is 10.1. The van der Waals surface area contributed by atoms with E-state index in [0.717, 1.165) is 39.8 Å². The highest BCUT2D eigenvalue weighted by molar-refractivity contribution is 8.00. The summed E-state index contributed by atoms with van der Waals surface area (Å²) < 4.78 is 27.9. The highest BCUT2D eigenvalue weighted by atomic mass is 32.2. The van der Waals surface area contributed by atoms with Crippen LogP contribution in [-0.4, -0.2) is 106 Å². The third-order valence-corrected chi connectivity index (χ3v) is 13.4. The highest BCUT2D eigenvalue weighted by Gasteiger charge is 2.73. The van der Waals surface area contributed by atoms with Gasteiger partial charge in [-0.1, -0.05) is 0 Å². The Balaban J connectivity index is 1.86. The van der Waals surface area contributed by atoms with Crippen molar-refractivity contribution in [1.29, 1.82) is 0 Å². The number of anilines is 1. The zero-order valence-corrected chi connectivity index (χ0v) is 25.8. The van der Waals surface area contributed by atoms with E-state index in [4.69, 9.17) is 10.5 Å². The average Bonchev–Trinajstić information content (AvgIpc) is 3.42. The van der Waals surface area contributed by atoms with Gasteiger partial charge in [-0.15, -0.1) is 23.1 Å². The van der Waals surface area contributed by atoms with Crippen LogP contribution in [0.25, 0.3) is 0 Å². The first-order valence-electron chi connectivity index (χ1n) is 12.3. The SMILES string of the molecule is CC(=O)N(c1cccs1)C1(C(=O)NCCCCC(O)(P(=O)(O)O)P(=O)(O)O)C(=O)N2CC(COC(N)=O)(C(=O)O)CS[C@@H]21. The van der Waals surface area contributed by atoms with Gasteiger partial charge in [-0.05, 0) is 36.8 Å². The van der Waals surface area contributed by atoms with Crippen molar-refractivity contribution < 1.29 is 67.6 Å². The Morgan fingerprint density at radius 2 is 1.84 bits per heavy atom. The Morgan fingerprint density at radius 1 is 1.21 bits per heavy atom. The lowest BCUT2D eigenvalue weighted by Gasteiger charge is -2.61. The van der Waals surface area contributed by atoms with Crippen molar-refractivity contribution in [2.45, 2.75) is 42.2 Å². The van der Waals surface area contributed by atoms with Crippen LogP contribution in [0.5, 0.6) is 0 Å².